The van der Waals surface area contributed by atoms with Crippen molar-refractivity contribution in [2.24, 2.45) is 0 Å². The Morgan fingerprint density at radius 2 is 2.00 bits per heavy atom. The molecule has 0 N–H and O–H groups in total. The number of ether oxygens (including phenoxy) is 3. The van der Waals surface area contributed by atoms with Gasteiger partial charge in [-0.15, -0.1) is 0 Å². The van der Waals surface area contributed by atoms with E-state index in [0.717, 1.165) is 61.1 Å². The first-order chi connectivity index (χ1) is 13.2. The highest BCUT2D eigenvalue weighted by molar-refractivity contribution is 5.43. The molecule has 1 aromatic carbocycles. The molecule has 0 amide bonds. The Balaban J connectivity index is 1.54. The zero-order valence-electron chi connectivity index (χ0n) is 16.5. The molecular weight excluding hydrogens is 342 g/mol. The van der Waals surface area contributed by atoms with Crippen LogP contribution in [0, 0.1) is 0 Å². The second kappa shape index (κ2) is 9.67. The average Bonchev–Trinajstić information content (AvgIpc) is 2.66. The van der Waals surface area contributed by atoms with Crippen molar-refractivity contribution >= 4 is 0 Å². The third-order valence-electron chi connectivity index (χ3n) is 4.85. The van der Waals surface area contributed by atoms with E-state index in [1.54, 1.807) is 14.2 Å². The van der Waals surface area contributed by atoms with E-state index in [1.165, 1.54) is 0 Å². The van der Waals surface area contributed by atoms with Crippen molar-refractivity contribution in [3.05, 3.63) is 47.5 Å². The fraction of sp³-hybridized carbons (Fsp3) is 0.524. The fourth-order valence-electron chi connectivity index (χ4n) is 3.17. The first-order valence-electron chi connectivity index (χ1n) is 9.57. The monoisotopic (exact) mass is 371 g/mol. The van der Waals surface area contributed by atoms with Crippen LogP contribution in [-0.2, 0) is 17.6 Å². The Kier molecular flexibility index (Phi) is 7.01. The molecule has 0 unspecified atom stereocenters. The van der Waals surface area contributed by atoms with Gasteiger partial charge in [0.05, 0.1) is 19.8 Å². The predicted molar refractivity (Wildman–Crippen MR) is 105 cm³/mol. The van der Waals surface area contributed by atoms with E-state index in [2.05, 4.69) is 21.8 Å². The lowest BCUT2D eigenvalue weighted by Crippen LogP contribution is -2.51. The number of rotatable bonds is 10. The Labute approximate surface area is 161 Å². The lowest BCUT2D eigenvalue weighted by atomic mass is 10.1. The molecular formula is C21H29N3O3. The molecule has 6 heteroatoms. The summed E-state index contributed by atoms with van der Waals surface area (Å²) in [5.41, 5.74) is 2.18. The van der Waals surface area contributed by atoms with Gasteiger partial charge < -0.3 is 14.2 Å². The number of likely N-dealkylation sites (tertiary alicyclic amines) is 1. The van der Waals surface area contributed by atoms with Crippen LogP contribution in [0.5, 0.6) is 11.5 Å². The zero-order valence-corrected chi connectivity index (χ0v) is 16.5. The Morgan fingerprint density at radius 3 is 2.74 bits per heavy atom. The van der Waals surface area contributed by atoms with Gasteiger partial charge in [0, 0.05) is 45.1 Å². The molecule has 2 heterocycles. The first-order valence-corrected chi connectivity index (χ1v) is 9.57. The summed E-state index contributed by atoms with van der Waals surface area (Å²) < 4.78 is 16.7. The highest BCUT2D eigenvalue weighted by Gasteiger charge is 2.25. The number of benzene rings is 1. The van der Waals surface area contributed by atoms with E-state index in [4.69, 9.17) is 14.2 Å². The van der Waals surface area contributed by atoms with Gasteiger partial charge in [0.25, 0.3) is 0 Å². The van der Waals surface area contributed by atoms with Crippen LogP contribution in [0.2, 0.25) is 0 Å². The number of aryl methyl sites for hydroxylation is 1. The highest BCUT2D eigenvalue weighted by Crippen LogP contribution is 2.29. The minimum atomic E-state index is 0.399. The largest absolute Gasteiger partial charge is 0.493 e. The molecule has 2 aromatic rings. The minimum absolute atomic E-state index is 0.399. The quantitative estimate of drug-likeness (QED) is 0.599. The number of hydrogen-bond donors (Lipinski definition) is 0. The van der Waals surface area contributed by atoms with E-state index >= 15 is 0 Å². The molecule has 27 heavy (non-hydrogen) atoms. The molecule has 0 bridgehead atoms. The maximum atomic E-state index is 6.00. The fourth-order valence-corrected chi connectivity index (χ4v) is 3.17. The van der Waals surface area contributed by atoms with Gasteiger partial charge in [0.2, 0.25) is 0 Å². The van der Waals surface area contributed by atoms with Gasteiger partial charge in [-0.2, -0.15) is 0 Å². The van der Waals surface area contributed by atoms with Crippen LogP contribution >= 0.6 is 0 Å². The van der Waals surface area contributed by atoms with E-state index in [0.29, 0.717) is 19.1 Å². The van der Waals surface area contributed by atoms with Gasteiger partial charge >= 0.3 is 0 Å². The van der Waals surface area contributed by atoms with Crippen LogP contribution in [0.4, 0.5) is 0 Å². The van der Waals surface area contributed by atoms with Gasteiger partial charge in [-0.25, -0.2) is 9.97 Å². The average molecular weight is 371 g/mol. The number of aromatic nitrogens is 2. The molecule has 3 rings (SSSR count). The van der Waals surface area contributed by atoms with Crippen LogP contribution in [0.15, 0.2) is 30.5 Å². The predicted octanol–water partition coefficient (Wildman–Crippen LogP) is 2.74. The van der Waals surface area contributed by atoms with E-state index in [1.807, 2.05) is 30.5 Å². The topological polar surface area (TPSA) is 56.7 Å². The van der Waals surface area contributed by atoms with Crippen molar-refractivity contribution in [2.75, 3.05) is 40.5 Å². The molecule has 1 saturated heterocycles. The van der Waals surface area contributed by atoms with Crippen molar-refractivity contribution < 1.29 is 14.2 Å². The minimum Gasteiger partial charge on any atom is -0.493 e. The van der Waals surface area contributed by atoms with Gasteiger partial charge in [-0.1, -0.05) is 13.0 Å². The standard InChI is InChI=1S/C21H29N3O3/c1-4-17-8-9-22-21(23-17)13-16-6-7-19(26-3)20(12-16)27-11-5-10-24-14-18(15-24)25-2/h6-9,12,18H,4-5,10-11,13-15H2,1-3H3. The van der Waals surface area contributed by atoms with Crippen LogP contribution in [-0.4, -0.2) is 61.4 Å². The molecule has 0 saturated carbocycles. The van der Waals surface area contributed by atoms with Crippen molar-refractivity contribution in [2.45, 2.75) is 32.3 Å². The molecule has 0 aliphatic carbocycles. The summed E-state index contributed by atoms with van der Waals surface area (Å²) in [5.74, 6) is 2.36. The van der Waals surface area contributed by atoms with Crippen molar-refractivity contribution in [1.29, 1.82) is 0 Å². The summed E-state index contributed by atoms with van der Waals surface area (Å²) in [4.78, 5) is 11.3. The molecule has 146 valence electrons. The van der Waals surface area contributed by atoms with Crippen molar-refractivity contribution in [3.63, 3.8) is 0 Å². The summed E-state index contributed by atoms with van der Waals surface area (Å²) in [5, 5.41) is 0. The SMILES string of the molecule is CCc1ccnc(Cc2ccc(OC)c(OCCCN3CC(OC)C3)c2)n1. The van der Waals surface area contributed by atoms with E-state index in [-0.39, 0.29) is 0 Å². The van der Waals surface area contributed by atoms with E-state index < -0.39 is 0 Å². The Morgan fingerprint density at radius 1 is 1.15 bits per heavy atom. The molecule has 0 spiro atoms. The highest BCUT2D eigenvalue weighted by atomic mass is 16.5. The molecule has 1 aliphatic heterocycles. The second-order valence-electron chi connectivity index (χ2n) is 6.80. The van der Waals surface area contributed by atoms with Crippen LogP contribution < -0.4 is 9.47 Å². The number of hydrogen-bond acceptors (Lipinski definition) is 6. The molecule has 1 aliphatic rings. The summed E-state index contributed by atoms with van der Waals surface area (Å²) in [6.07, 6.45) is 4.79. The van der Waals surface area contributed by atoms with Gasteiger partial charge in [0.1, 0.15) is 5.82 Å². The Bertz CT molecular complexity index is 732. The lowest BCUT2D eigenvalue weighted by molar-refractivity contribution is -0.0306. The maximum absolute atomic E-state index is 6.00. The zero-order chi connectivity index (χ0) is 19.1. The molecule has 0 radical (unpaired) electrons. The molecule has 6 nitrogen and oxygen atoms in total. The number of nitrogens with zero attached hydrogens (tertiary/aromatic N) is 3. The van der Waals surface area contributed by atoms with Crippen LogP contribution in [0.25, 0.3) is 0 Å². The van der Waals surface area contributed by atoms with Gasteiger partial charge in [-0.3, -0.25) is 4.90 Å². The number of methoxy groups -OCH3 is 2. The summed E-state index contributed by atoms with van der Waals surface area (Å²) in [6, 6.07) is 7.98. The Hall–Kier alpha value is -2.18. The van der Waals surface area contributed by atoms with Gasteiger partial charge in [0.15, 0.2) is 11.5 Å². The maximum Gasteiger partial charge on any atom is 0.161 e. The van der Waals surface area contributed by atoms with E-state index in [9.17, 15) is 0 Å². The molecule has 1 aromatic heterocycles. The summed E-state index contributed by atoms with van der Waals surface area (Å²) in [7, 11) is 3.44. The van der Waals surface area contributed by atoms with Crippen molar-refractivity contribution in [3.8, 4) is 11.5 Å². The smallest absolute Gasteiger partial charge is 0.161 e. The second-order valence-corrected chi connectivity index (χ2v) is 6.80. The van der Waals surface area contributed by atoms with Gasteiger partial charge in [-0.05, 0) is 36.6 Å². The van der Waals surface area contributed by atoms with Crippen LogP contribution in [0.3, 0.4) is 0 Å². The summed E-state index contributed by atoms with van der Waals surface area (Å²) in [6.45, 7) is 5.83. The molecule has 0 atom stereocenters. The summed E-state index contributed by atoms with van der Waals surface area (Å²) >= 11 is 0. The first kappa shape index (κ1) is 19.6. The normalized spacial score (nSPS) is 14.8. The van der Waals surface area contributed by atoms with Crippen molar-refractivity contribution in [1.82, 2.24) is 14.9 Å². The molecule has 1 fully saturated rings. The lowest BCUT2D eigenvalue weighted by Gasteiger charge is -2.38. The van der Waals surface area contributed by atoms with Crippen LogP contribution in [0.1, 0.15) is 30.4 Å². The third-order valence-corrected chi connectivity index (χ3v) is 4.85. The third kappa shape index (κ3) is 5.40.